The minimum absolute atomic E-state index is 0.180. The molecule has 1 aromatic heterocycles. The number of allylic oxidation sites excluding steroid dienone is 8. The van der Waals surface area contributed by atoms with Crippen molar-refractivity contribution < 1.29 is 9.53 Å². The van der Waals surface area contributed by atoms with E-state index < -0.39 is 0 Å². The molecule has 0 saturated heterocycles. The van der Waals surface area contributed by atoms with Crippen LogP contribution in [0.5, 0.6) is 0 Å². The molecule has 0 radical (unpaired) electrons. The molecule has 2 amide bonds. The van der Waals surface area contributed by atoms with Gasteiger partial charge in [0.25, 0.3) is 0 Å². The van der Waals surface area contributed by atoms with Gasteiger partial charge in [0.15, 0.2) is 0 Å². The van der Waals surface area contributed by atoms with E-state index in [1.54, 1.807) is 11.0 Å². The fourth-order valence-corrected chi connectivity index (χ4v) is 3.91. The highest BCUT2D eigenvalue weighted by Gasteiger charge is 2.22. The SMILES string of the molecule is CC1=C\C=C\C=C\C(OC2=CCN(C)C=N2)=C/C/C=C\1NC(=O)Nc1cc(C(C)(C)C)nn1-c1ccc(C)cc1. The fraction of sp³-hybridized carbons (Fsp3) is 0.281. The molecule has 0 atom stereocenters. The third kappa shape index (κ3) is 7.72. The van der Waals surface area contributed by atoms with Gasteiger partial charge in [0.05, 0.1) is 17.7 Å². The second kappa shape index (κ2) is 12.5. The van der Waals surface area contributed by atoms with E-state index in [9.17, 15) is 4.79 Å². The lowest BCUT2D eigenvalue weighted by molar-refractivity contribution is 0.254. The Kier molecular flexibility index (Phi) is 8.89. The van der Waals surface area contributed by atoms with E-state index in [4.69, 9.17) is 9.84 Å². The molecular weight excluding hydrogens is 500 g/mol. The standard InChI is InChI=1S/C32H38N6O2/c1-23-15-17-25(18-16-23)38-29(21-28(36-38)32(3,4)5)35-31(39)34-27-14-10-13-26(12-9-7-8-11-24(27)2)40-30-19-20-37(6)22-33-30/h7-9,11-19,21-22H,10,20H2,1-6H3,(H2,34,35,39)/b8-7+,12-9+,24-11+,26-13+,27-14+. The van der Waals surface area contributed by atoms with Crippen molar-refractivity contribution in [3.63, 3.8) is 0 Å². The number of urea groups is 1. The largest absolute Gasteiger partial charge is 0.440 e. The molecule has 208 valence electrons. The number of hydrogen-bond acceptors (Lipinski definition) is 5. The Bertz CT molecular complexity index is 1440. The Hall–Kier alpha value is -4.59. The van der Waals surface area contributed by atoms with Gasteiger partial charge < -0.3 is 15.0 Å². The maximum absolute atomic E-state index is 13.3. The van der Waals surface area contributed by atoms with Crippen LogP contribution < -0.4 is 10.6 Å². The Balaban J connectivity index is 1.54. The number of aliphatic imine (C=N–C) groups is 1. The fourth-order valence-electron chi connectivity index (χ4n) is 3.91. The van der Waals surface area contributed by atoms with Crippen LogP contribution in [-0.2, 0) is 10.2 Å². The van der Waals surface area contributed by atoms with E-state index in [1.807, 2.05) is 105 Å². The van der Waals surface area contributed by atoms with Crippen LogP contribution in [0, 0.1) is 6.92 Å². The summed E-state index contributed by atoms with van der Waals surface area (Å²) in [5.41, 5.74) is 4.36. The number of likely N-dealkylation sites (N-methyl/N-ethyl adjacent to an activating group) is 1. The summed E-state index contributed by atoms with van der Waals surface area (Å²) in [5.74, 6) is 1.83. The first kappa shape index (κ1) is 28.4. The van der Waals surface area contributed by atoms with Crippen LogP contribution in [-0.4, -0.2) is 40.6 Å². The number of nitrogens with zero attached hydrogens (tertiary/aromatic N) is 4. The van der Waals surface area contributed by atoms with Crippen LogP contribution in [0.25, 0.3) is 5.69 Å². The third-order valence-corrected chi connectivity index (χ3v) is 6.30. The number of aromatic nitrogens is 2. The van der Waals surface area contributed by atoms with Crippen molar-refractivity contribution >= 4 is 18.2 Å². The van der Waals surface area contributed by atoms with Crippen LogP contribution in [0.15, 0.2) is 107 Å². The summed E-state index contributed by atoms with van der Waals surface area (Å²) in [5, 5.41) is 10.8. The zero-order valence-corrected chi connectivity index (χ0v) is 24.1. The summed E-state index contributed by atoms with van der Waals surface area (Å²) >= 11 is 0. The van der Waals surface area contributed by atoms with Gasteiger partial charge in [-0.25, -0.2) is 14.5 Å². The summed E-state index contributed by atoms with van der Waals surface area (Å²) in [6.07, 6.45) is 17.8. The molecule has 2 N–H and O–H groups in total. The van der Waals surface area contributed by atoms with Crippen molar-refractivity contribution in [1.82, 2.24) is 20.0 Å². The van der Waals surface area contributed by atoms with E-state index in [2.05, 4.69) is 36.4 Å². The number of benzene rings is 1. The van der Waals surface area contributed by atoms with Gasteiger partial charge >= 0.3 is 6.03 Å². The lowest BCUT2D eigenvalue weighted by atomic mass is 9.92. The average Bonchev–Trinajstić information content (AvgIpc) is 3.32. The number of nitrogens with one attached hydrogen (secondary N) is 2. The molecule has 8 nitrogen and oxygen atoms in total. The number of aryl methyl sites for hydroxylation is 1. The number of rotatable bonds is 5. The zero-order chi connectivity index (χ0) is 28.7. The van der Waals surface area contributed by atoms with E-state index in [0.717, 1.165) is 29.1 Å². The molecule has 2 aromatic rings. The number of amides is 2. The second-order valence-electron chi connectivity index (χ2n) is 10.9. The van der Waals surface area contributed by atoms with Gasteiger partial charge in [-0.2, -0.15) is 5.10 Å². The van der Waals surface area contributed by atoms with E-state index in [0.29, 0.717) is 29.6 Å². The highest BCUT2D eigenvalue weighted by Crippen LogP contribution is 2.26. The lowest BCUT2D eigenvalue weighted by Gasteiger charge is -2.16. The molecule has 40 heavy (non-hydrogen) atoms. The Morgan fingerprint density at radius 2 is 1.77 bits per heavy atom. The van der Waals surface area contributed by atoms with Gasteiger partial charge in [0.2, 0.25) is 5.88 Å². The highest BCUT2D eigenvalue weighted by molar-refractivity contribution is 5.90. The van der Waals surface area contributed by atoms with Crippen molar-refractivity contribution in [2.45, 2.75) is 46.5 Å². The molecular formula is C32H38N6O2. The number of hydrogen-bond donors (Lipinski definition) is 2. The highest BCUT2D eigenvalue weighted by atomic mass is 16.5. The summed E-state index contributed by atoms with van der Waals surface area (Å²) in [6.45, 7) is 11.0. The van der Waals surface area contributed by atoms with E-state index in [1.165, 1.54) is 0 Å². The molecule has 0 spiro atoms. The van der Waals surface area contributed by atoms with Crippen LogP contribution in [0.4, 0.5) is 10.6 Å². The first-order valence-electron chi connectivity index (χ1n) is 13.4. The Morgan fingerprint density at radius 1 is 1.00 bits per heavy atom. The average molecular weight is 539 g/mol. The van der Waals surface area contributed by atoms with Crippen LogP contribution in [0.2, 0.25) is 0 Å². The Morgan fingerprint density at radius 3 is 2.48 bits per heavy atom. The number of ether oxygens (including phenoxy) is 1. The van der Waals surface area contributed by atoms with E-state index in [-0.39, 0.29) is 11.4 Å². The molecule has 0 unspecified atom stereocenters. The van der Waals surface area contributed by atoms with Crippen LogP contribution in [0.1, 0.15) is 45.4 Å². The molecule has 2 aliphatic rings. The molecule has 0 fully saturated rings. The molecule has 2 heterocycles. The van der Waals surface area contributed by atoms with Gasteiger partial charge in [0, 0.05) is 30.8 Å². The van der Waals surface area contributed by atoms with Crippen molar-refractivity contribution in [3.05, 3.63) is 113 Å². The first-order chi connectivity index (χ1) is 19.1. The maximum Gasteiger partial charge on any atom is 0.324 e. The molecule has 8 heteroatoms. The van der Waals surface area contributed by atoms with Crippen molar-refractivity contribution in [2.75, 3.05) is 18.9 Å². The molecule has 4 rings (SSSR count). The van der Waals surface area contributed by atoms with Crippen LogP contribution >= 0.6 is 0 Å². The summed E-state index contributed by atoms with van der Waals surface area (Å²) in [4.78, 5) is 19.6. The first-order valence-corrected chi connectivity index (χ1v) is 13.4. The predicted octanol–water partition coefficient (Wildman–Crippen LogP) is 6.66. The van der Waals surface area contributed by atoms with Crippen molar-refractivity contribution in [1.29, 1.82) is 0 Å². The topological polar surface area (TPSA) is 83.8 Å². The minimum atomic E-state index is -0.351. The Labute approximate surface area is 236 Å². The van der Waals surface area contributed by atoms with Gasteiger partial charge in [-0.3, -0.25) is 5.32 Å². The predicted molar refractivity (Wildman–Crippen MR) is 162 cm³/mol. The number of carbonyl (C=O) groups is 1. The van der Waals surface area contributed by atoms with Crippen molar-refractivity contribution in [3.8, 4) is 5.69 Å². The summed E-state index contributed by atoms with van der Waals surface area (Å²) < 4.78 is 7.76. The van der Waals surface area contributed by atoms with E-state index >= 15 is 0 Å². The molecule has 0 bridgehead atoms. The normalized spacial score (nSPS) is 21.4. The second-order valence-corrected chi connectivity index (χ2v) is 10.9. The summed E-state index contributed by atoms with van der Waals surface area (Å²) in [7, 11) is 1.96. The lowest BCUT2D eigenvalue weighted by Crippen LogP contribution is -2.29. The van der Waals surface area contributed by atoms with Gasteiger partial charge in [-0.1, -0.05) is 68.8 Å². The summed E-state index contributed by atoms with van der Waals surface area (Å²) in [6, 6.07) is 9.63. The van der Waals surface area contributed by atoms with Crippen LogP contribution in [0.3, 0.4) is 0 Å². The van der Waals surface area contributed by atoms with Gasteiger partial charge in [-0.05, 0) is 56.2 Å². The number of anilines is 1. The number of carbonyl (C=O) groups excluding carboxylic acids is 1. The maximum atomic E-state index is 13.3. The van der Waals surface area contributed by atoms with Crippen molar-refractivity contribution in [2.24, 2.45) is 4.99 Å². The smallest absolute Gasteiger partial charge is 0.324 e. The van der Waals surface area contributed by atoms with Gasteiger partial charge in [-0.15, -0.1) is 0 Å². The molecule has 0 saturated carbocycles. The molecule has 1 aliphatic heterocycles. The quantitative estimate of drug-likeness (QED) is 0.446. The van der Waals surface area contributed by atoms with Gasteiger partial charge in [0.1, 0.15) is 11.6 Å². The molecule has 1 aromatic carbocycles. The third-order valence-electron chi connectivity index (χ3n) is 6.30. The monoisotopic (exact) mass is 538 g/mol. The minimum Gasteiger partial charge on any atom is -0.440 e. The molecule has 1 aliphatic carbocycles. The zero-order valence-electron chi connectivity index (χ0n) is 24.1.